The van der Waals surface area contributed by atoms with Crippen molar-refractivity contribution in [3.05, 3.63) is 0 Å². The fourth-order valence-electron chi connectivity index (χ4n) is 3.07. The van der Waals surface area contributed by atoms with Crippen molar-refractivity contribution in [3.8, 4) is 0 Å². The van der Waals surface area contributed by atoms with Crippen LogP contribution in [0.25, 0.3) is 0 Å². The average Bonchev–Trinajstić information content (AvgIpc) is 2.92. The maximum Gasteiger partial charge on any atom is 0.0121 e. The molecule has 2 fully saturated rings. The van der Waals surface area contributed by atoms with E-state index in [-0.39, 0.29) is 0 Å². The van der Waals surface area contributed by atoms with Crippen LogP contribution in [0.2, 0.25) is 0 Å². The zero-order valence-electron chi connectivity index (χ0n) is 10.7. The summed E-state index contributed by atoms with van der Waals surface area (Å²) < 4.78 is 0. The van der Waals surface area contributed by atoms with Gasteiger partial charge in [0, 0.05) is 12.1 Å². The Labute approximate surface area is 95.0 Å². The molecule has 1 heteroatoms. The lowest BCUT2D eigenvalue weighted by atomic mass is 9.73. The minimum Gasteiger partial charge on any atom is -0.311 e. The lowest BCUT2D eigenvalue weighted by Gasteiger charge is -2.40. The third-order valence-electron chi connectivity index (χ3n) is 4.38. The van der Waals surface area contributed by atoms with Crippen LogP contribution in [-0.2, 0) is 0 Å². The van der Waals surface area contributed by atoms with Crippen molar-refractivity contribution in [2.24, 2.45) is 11.3 Å². The van der Waals surface area contributed by atoms with Gasteiger partial charge in [-0.15, -0.1) is 0 Å². The quantitative estimate of drug-likeness (QED) is 0.744. The van der Waals surface area contributed by atoms with E-state index in [0.717, 1.165) is 18.0 Å². The molecule has 0 saturated heterocycles. The molecule has 2 aliphatic rings. The molecule has 0 heterocycles. The fourth-order valence-corrected chi connectivity index (χ4v) is 3.07. The minimum atomic E-state index is 0.524. The third-order valence-corrected chi connectivity index (χ3v) is 4.38. The summed E-state index contributed by atoms with van der Waals surface area (Å²) in [5, 5.41) is 3.88. The third kappa shape index (κ3) is 3.21. The molecule has 2 saturated carbocycles. The van der Waals surface area contributed by atoms with E-state index in [1.165, 1.54) is 44.9 Å². The number of hydrogen-bond acceptors (Lipinski definition) is 1. The molecular formula is C14H27N. The number of rotatable bonds is 4. The van der Waals surface area contributed by atoms with E-state index < -0.39 is 0 Å². The predicted molar refractivity (Wildman–Crippen MR) is 66.0 cm³/mol. The normalized spacial score (nSPS) is 32.6. The van der Waals surface area contributed by atoms with E-state index in [4.69, 9.17) is 0 Å². The van der Waals surface area contributed by atoms with Gasteiger partial charge in [-0.1, -0.05) is 39.5 Å². The van der Waals surface area contributed by atoms with E-state index in [0.29, 0.717) is 5.41 Å². The van der Waals surface area contributed by atoms with Crippen LogP contribution in [-0.4, -0.2) is 12.1 Å². The molecular weight excluding hydrogens is 182 g/mol. The summed E-state index contributed by atoms with van der Waals surface area (Å²) in [7, 11) is 0. The molecule has 0 aromatic heterocycles. The molecule has 0 aromatic rings. The first-order valence-corrected chi connectivity index (χ1v) is 6.84. The van der Waals surface area contributed by atoms with Crippen LogP contribution in [0.5, 0.6) is 0 Å². The second-order valence-electron chi connectivity index (χ2n) is 6.53. The second kappa shape index (κ2) is 4.45. The van der Waals surface area contributed by atoms with Crippen LogP contribution < -0.4 is 5.32 Å². The first-order chi connectivity index (χ1) is 7.08. The van der Waals surface area contributed by atoms with Gasteiger partial charge >= 0.3 is 0 Å². The second-order valence-corrected chi connectivity index (χ2v) is 6.53. The van der Waals surface area contributed by atoms with Crippen molar-refractivity contribution in [2.45, 2.75) is 77.8 Å². The summed E-state index contributed by atoms with van der Waals surface area (Å²) in [6, 6.07) is 1.50. The summed E-state index contributed by atoms with van der Waals surface area (Å²) >= 11 is 0. The maximum atomic E-state index is 3.88. The molecule has 0 aliphatic heterocycles. The van der Waals surface area contributed by atoms with Gasteiger partial charge < -0.3 is 5.32 Å². The van der Waals surface area contributed by atoms with Crippen molar-refractivity contribution in [1.82, 2.24) is 5.32 Å². The monoisotopic (exact) mass is 209 g/mol. The molecule has 0 amide bonds. The lowest BCUT2D eigenvalue weighted by Crippen LogP contribution is -2.47. The Morgan fingerprint density at radius 2 is 1.93 bits per heavy atom. The van der Waals surface area contributed by atoms with Gasteiger partial charge in [-0.05, 0) is 37.5 Å². The highest BCUT2D eigenvalue weighted by Crippen LogP contribution is 2.37. The Hall–Kier alpha value is -0.0400. The molecule has 15 heavy (non-hydrogen) atoms. The van der Waals surface area contributed by atoms with Crippen LogP contribution in [0.1, 0.15) is 65.7 Å². The van der Waals surface area contributed by atoms with Crippen molar-refractivity contribution in [1.29, 1.82) is 0 Å². The van der Waals surface area contributed by atoms with Crippen LogP contribution >= 0.6 is 0 Å². The van der Waals surface area contributed by atoms with Crippen LogP contribution in [0.3, 0.4) is 0 Å². The van der Waals surface area contributed by atoms with Crippen LogP contribution in [0.4, 0.5) is 0 Å². The largest absolute Gasteiger partial charge is 0.311 e. The van der Waals surface area contributed by atoms with Crippen LogP contribution in [0, 0.1) is 11.3 Å². The number of hydrogen-bond donors (Lipinski definition) is 1. The molecule has 2 aliphatic carbocycles. The predicted octanol–water partition coefficient (Wildman–Crippen LogP) is 3.73. The van der Waals surface area contributed by atoms with Gasteiger partial charge in [0.15, 0.2) is 0 Å². The molecule has 0 spiro atoms. The summed E-state index contributed by atoms with van der Waals surface area (Å²) in [4.78, 5) is 0. The van der Waals surface area contributed by atoms with E-state index in [9.17, 15) is 0 Å². The van der Waals surface area contributed by atoms with Gasteiger partial charge in [-0.25, -0.2) is 0 Å². The maximum absolute atomic E-state index is 3.88. The molecule has 88 valence electrons. The van der Waals surface area contributed by atoms with Gasteiger partial charge in [-0.3, -0.25) is 0 Å². The highest BCUT2D eigenvalue weighted by atomic mass is 15.0. The molecule has 2 unspecified atom stereocenters. The van der Waals surface area contributed by atoms with E-state index in [1.807, 2.05) is 0 Å². The highest BCUT2D eigenvalue weighted by molar-refractivity contribution is 4.90. The Bertz CT molecular complexity index is 205. The molecule has 1 N–H and O–H groups in total. The molecule has 0 bridgehead atoms. The fraction of sp³-hybridized carbons (Fsp3) is 1.00. The van der Waals surface area contributed by atoms with E-state index in [1.54, 1.807) is 0 Å². The van der Waals surface area contributed by atoms with Gasteiger partial charge in [0.05, 0.1) is 0 Å². The van der Waals surface area contributed by atoms with Crippen molar-refractivity contribution < 1.29 is 0 Å². The highest BCUT2D eigenvalue weighted by Gasteiger charge is 2.33. The van der Waals surface area contributed by atoms with Crippen molar-refractivity contribution in [3.63, 3.8) is 0 Å². The van der Waals surface area contributed by atoms with Gasteiger partial charge in [0.25, 0.3) is 0 Å². The Morgan fingerprint density at radius 3 is 2.53 bits per heavy atom. The Balaban J connectivity index is 1.80. The molecule has 2 rings (SSSR count). The summed E-state index contributed by atoms with van der Waals surface area (Å²) in [5.41, 5.74) is 0.524. The summed E-state index contributed by atoms with van der Waals surface area (Å²) in [6.45, 7) is 7.25. The summed E-state index contributed by atoms with van der Waals surface area (Å²) in [5.74, 6) is 1.05. The molecule has 1 nitrogen and oxygen atoms in total. The van der Waals surface area contributed by atoms with Gasteiger partial charge in [0.1, 0.15) is 0 Å². The molecule has 2 atom stereocenters. The zero-order valence-corrected chi connectivity index (χ0v) is 10.7. The Kier molecular flexibility index (Phi) is 3.39. The summed E-state index contributed by atoms with van der Waals surface area (Å²) in [6.07, 6.45) is 10.0. The smallest absolute Gasteiger partial charge is 0.0121 e. The first kappa shape index (κ1) is 11.4. The first-order valence-electron chi connectivity index (χ1n) is 6.84. The van der Waals surface area contributed by atoms with Crippen LogP contribution in [0.15, 0.2) is 0 Å². The molecule has 0 radical (unpaired) electrons. The van der Waals surface area contributed by atoms with Gasteiger partial charge in [0.2, 0.25) is 0 Å². The zero-order chi connectivity index (χ0) is 10.9. The van der Waals surface area contributed by atoms with E-state index in [2.05, 4.69) is 26.1 Å². The minimum absolute atomic E-state index is 0.524. The van der Waals surface area contributed by atoms with E-state index >= 15 is 0 Å². The standard InChI is InChI=1S/C14H27N/c1-11(10-12-7-8-12)15-13-6-4-5-9-14(13,2)3/h11-13,15H,4-10H2,1-3H3. The SMILES string of the molecule is CC(CC1CC1)NC1CCCCC1(C)C. The van der Waals surface area contributed by atoms with Crippen molar-refractivity contribution >= 4 is 0 Å². The lowest BCUT2D eigenvalue weighted by molar-refractivity contribution is 0.155. The molecule has 0 aromatic carbocycles. The Morgan fingerprint density at radius 1 is 1.20 bits per heavy atom. The number of nitrogens with one attached hydrogen (secondary N) is 1. The van der Waals surface area contributed by atoms with Crippen molar-refractivity contribution in [2.75, 3.05) is 0 Å². The topological polar surface area (TPSA) is 12.0 Å². The van der Waals surface area contributed by atoms with Gasteiger partial charge in [-0.2, -0.15) is 0 Å². The average molecular weight is 209 g/mol.